The van der Waals surface area contributed by atoms with Crippen LogP contribution in [0.1, 0.15) is 278 Å². The van der Waals surface area contributed by atoms with Crippen molar-refractivity contribution < 1.29 is 58.4 Å². The van der Waals surface area contributed by atoms with Crippen molar-refractivity contribution in [3.05, 3.63) is 0 Å². The van der Waals surface area contributed by atoms with Crippen LogP contribution in [-0.4, -0.2) is 176 Å². The van der Waals surface area contributed by atoms with E-state index in [1.807, 2.05) is 0 Å². The van der Waals surface area contributed by atoms with Crippen LogP contribution in [0.3, 0.4) is 0 Å². The van der Waals surface area contributed by atoms with E-state index in [1.165, 1.54) is 133 Å². The largest absolute Gasteiger partial charge is 0.480 e. The first-order chi connectivity index (χ1) is 45.3. The summed E-state index contributed by atoms with van der Waals surface area (Å²) in [5, 5.41) is 39.0. The lowest BCUT2D eigenvalue weighted by molar-refractivity contribution is -0.140. The number of amides is 4. The Morgan fingerprint density at radius 1 is 0.366 bits per heavy atom. The predicted molar refractivity (Wildman–Crippen MR) is 373 cm³/mol. The number of carboxylic acids is 3. The number of nitrogens with zero attached hydrogens (tertiary/aromatic N) is 3. The van der Waals surface area contributed by atoms with Crippen LogP contribution in [0, 0.1) is 47.4 Å². The first-order valence-electron chi connectivity index (χ1n) is 36.3. The maximum Gasteiger partial charge on any atom is 0.317 e. The molecule has 0 aromatic carbocycles. The van der Waals surface area contributed by atoms with Gasteiger partial charge < -0.3 is 46.1 Å². The normalized spacial score (nSPS) is 11.2. The second-order valence-corrected chi connectivity index (χ2v) is 24.5. The highest BCUT2D eigenvalue weighted by Gasteiger charge is 2.22. The lowest BCUT2D eigenvalue weighted by atomic mass is 10.1. The van der Waals surface area contributed by atoms with E-state index in [1.54, 1.807) is 16.7 Å². The van der Waals surface area contributed by atoms with Crippen LogP contribution in [0.2, 0.25) is 0 Å². The van der Waals surface area contributed by atoms with E-state index in [0.29, 0.717) is 25.9 Å². The highest BCUT2D eigenvalue weighted by molar-refractivity contribution is 5.88. The first-order valence-corrected chi connectivity index (χ1v) is 36.3. The van der Waals surface area contributed by atoms with Gasteiger partial charge in [-0.1, -0.05) is 224 Å². The van der Waals surface area contributed by atoms with E-state index in [9.17, 15) is 43.8 Å². The second-order valence-electron chi connectivity index (χ2n) is 24.5. The van der Waals surface area contributed by atoms with Crippen LogP contribution >= 0.6 is 0 Å². The standard InChI is InChI=1S/C74H127N7O12/c1-4-7-9-11-13-15-17-19-21-23-25-27-29-31-33-35-37-39-41-43-45-47-49-51-68(82)76-61-67(78-69(83)52-50-48-46-44-42-40-38-36-34-32-30-28-26-24-22-20-18-16-14-12-10-8-5-2)74(91)77-66-93-60-59-92-58-53-75-70(84)62-81(65-73(89)90)57-56-80(64-72(87)88)55-54-79(6-3)63-71(85)86/h67H,4-28,37-66H2,1-3H3,(H,75,84)(H,76,82)(H,77,91)(H,78,83)(H,85,86)(H,87,88)(H,89,90). The van der Waals surface area contributed by atoms with Crippen molar-refractivity contribution in [2.24, 2.45) is 0 Å². The summed E-state index contributed by atoms with van der Waals surface area (Å²) >= 11 is 0. The van der Waals surface area contributed by atoms with Gasteiger partial charge in [0.2, 0.25) is 23.6 Å². The molecule has 0 radical (unpaired) electrons. The molecule has 0 aliphatic heterocycles. The minimum Gasteiger partial charge on any atom is -0.480 e. The fourth-order valence-corrected chi connectivity index (χ4v) is 10.4. The van der Waals surface area contributed by atoms with Gasteiger partial charge in [0.25, 0.3) is 0 Å². The molecule has 0 rings (SSSR count). The summed E-state index contributed by atoms with van der Waals surface area (Å²) in [6.07, 6.45) is 44.8. The van der Waals surface area contributed by atoms with Gasteiger partial charge in [-0.3, -0.25) is 48.3 Å². The average molecular weight is 1310 g/mol. The van der Waals surface area contributed by atoms with E-state index < -0.39 is 42.3 Å². The first kappa shape index (κ1) is 87.3. The molecule has 0 saturated heterocycles. The molecule has 0 saturated carbocycles. The van der Waals surface area contributed by atoms with E-state index in [4.69, 9.17) is 14.6 Å². The zero-order valence-electron chi connectivity index (χ0n) is 58.3. The van der Waals surface area contributed by atoms with Gasteiger partial charge >= 0.3 is 17.9 Å². The third kappa shape index (κ3) is 64.8. The topological polar surface area (TPSA) is 256 Å². The van der Waals surface area contributed by atoms with Crippen LogP contribution in [0.25, 0.3) is 0 Å². The number of ether oxygens (including phenoxy) is 2. The molecule has 0 heterocycles. The van der Waals surface area contributed by atoms with Gasteiger partial charge in [-0.25, -0.2) is 0 Å². The highest BCUT2D eigenvalue weighted by atomic mass is 16.5. The molecule has 0 fully saturated rings. The molecule has 0 aromatic heterocycles. The Morgan fingerprint density at radius 2 is 0.720 bits per heavy atom. The fourth-order valence-electron chi connectivity index (χ4n) is 10.4. The van der Waals surface area contributed by atoms with Crippen molar-refractivity contribution in [1.29, 1.82) is 0 Å². The van der Waals surface area contributed by atoms with Crippen LogP contribution in [0.4, 0.5) is 0 Å². The molecule has 93 heavy (non-hydrogen) atoms. The lowest BCUT2D eigenvalue weighted by Crippen LogP contribution is -2.53. The van der Waals surface area contributed by atoms with Crippen molar-refractivity contribution in [3.8, 4) is 47.4 Å². The summed E-state index contributed by atoms with van der Waals surface area (Å²) in [5.74, 6) is 20.1. The van der Waals surface area contributed by atoms with Crippen LogP contribution in [0.15, 0.2) is 0 Å². The molecule has 19 heteroatoms. The number of carboxylic acid groups (broad SMARTS) is 3. The zero-order chi connectivity index (χ0) is 68.1. The summed E-state index contributed by atoms with van der Waals surface area (Å²) < 4.78 is 11.1. The van der Waals surface area contributed by atoms with Crippen molar-refractivity contribution in [1.82, 2.24) is 36.0 Å². The number of carbonyl (C=O) groups excluding carboxylic acids is 4. The van der Waals surface area contributed by atoms with Gasteiger partial charge in [0.1, 0.15) is 12.8 Å². The number of aliphatic carboxylic acids is 3. The summed E-state index contributed by atoms with van der Waals surface area (Å²) in [7, 11) is 0. The molecule has 4 amide bonds. The Balaban J connectivity index is 4.84. The molecule has 1 atom stereocenters. The lowest BCUT2D eigenvalue weighted by Gasteiger charge is -2.27. The predicted octanol–water partition coefficient (Wildman–Crippen LogP) is 11.6. The number of likely N-dealkylation sites (N-methyl/N-ethyl adjacent to an activating group) is 1. The van der Waals surface area contributed by atoms with Gasteiger partial charge in [-0.05, 0) is 68.8 Å². The van der Waals surface area contributed by atoms with Crippen LogP contribution in [-0.2, 0) is 43.0 Å². The second kappa shape index (κ2) is 67.7. The average Bonchev–Trinajstić information content (AvgIpc) is 3.68. The maximum absolute atomic E-state index is 13.4. The molecule has 0 aromatic rings. The molecule has 0 aliphatic rings. The molecule has 0 bridgehead atoms. The molecular weight excluding hydrogens is 1180 g/mol. The number of unbranched alkanes of at least 4 members (excludes halogenated alkanes) is 34. The fraction of sp³-hybridized carbons (Fsp3) is 0.797. The molecule has 19 nitrogen and oxygen atoms in total. The molecule has 0 spiro atoms. The van der Waals surface area contributed by atoms with Crippen LogP contribution in [0.5, 0.6) is 0 Å². The quantitative estimate of drug-likeness (QED) is 0.0170. The molecule has 0 aliphatic carbocycles. The van der Waals surface area contributed by atoms with E-state index in [0.717, 1.165) is 109 Å². The Kier molecular flexibility index (Phi) is 63.6. The van der Waals surface area contributed by atoms with Gasteiger partial charge in [0, 0.05) is 77.8 Å². The van der Waals surface area contributed by atoms with Gasteiger partial charge in [-0.15, -0.1) is 0 Å². The van der Waals surface area contributed by atoms with E-state index in [-0.39, 0.29) is 97.1 Å². The van der Waals surface area contributed by atoms with E-state index >= 15 is 0 Å². The summed E-state index contributed by atoms with van der Waals surface area (Å²) in [5.41, 5.74) is 0. The van der Waals surface area contributed by atoms with Crippen molar-refractivity contribution in [2.45, 2.75) is 284 Å². The third-order valence-electron chi connectivity index (χ3n) is 16.0. The third-order valence-corrected chi connectivity index (χ3v) is 16.0. The summed E-state index contributed by atoms with van der Waals surface area (Å²) in [6, 6.07) is -1.01. The summed E-state index contributed by atoms with van der Waals surface area (Å²) in [4.78, 5) is 91.0. The number of hydrogen-bond acceptors (Lipinski definition) is 12. The Hall–Kier alpha value is -5.67. The van der Waals surface area contributed by atoms with Crippen molar-refractivity contribution in [2.75, 3.05) is 98.5 Å². The Bertz CT molecular complexity index is 2190. The minimum atomic E-state index is -1.16. The van der Waals surface area contributed by atoms with E-state index in [2.05, 4.69) is 82.5 Å². The van der Waals surface area contributed by atoms with Gasteiger partial charge in [0.05, 0.1) is 46.0 Å². The van der Waals surface area contributed by atoms with Gasteiger partial charge in [0.15, 0.2) is 0 Å². The zero-order valence-corrected chi connectivity index (χ0v) is 58.3. The Labute approximate surface area is 563 Å². The SMILES string of the molecule is CCCCCCCCCCCCCC#CC#CCCCCCCCCC(=O)NCC(NC(=O)CCCCCCCCC#CC#CCCCCCCCCCCCCC)C(=O)NCOCCOCCNC(=O)CN(CCN(CCN(CC)CC(=O)O)CC(=O)O)CC(=O)O. The number of carbonyl (C=O) groups is 7. The highest BCUT2D eigenvalue weighted by Crippen LogP contribution is 2.14. The minimum absolute atomic E-state index is 0.0742. The van der Waals surface area contributed by atoms with Crippen LogP contribution < -0.4 is 21.3 Å². The number of nitrogens with one attached hydrogen (secondary N) is 4. The number of rotatable bonds is 65. The smallest absolute Gasteiger partial charge is 0.317 e. The van der Waals surface area contributed by atoms with Crippen molar-refractivity contribution >= 4 is 41.5 Å². The Morgan fingerprint density at radius 3 is 1.14 bits per heavy atom. The van der Waals surface area contributed by atoms with Gasteiger partial charge in [-0.2, -0.15) is 0 Å². The molecule has 530 valence electrons. The summed E-state index contributed by atoms with van der Waals surface area (Å²) in [6.45, 7) is 6.45. The maximum atomic E-state index is 13.4. The molecule has 7 N–H and O–H groups in total. The molecule has 1 unspecified atom stereocenters. The number of hydrogen-bond donors (Lipinski definition) is 7. The van der Waals surface area contributed by atoms with Crippen molar-refractivity contribution in [3.63, 3.8) is 0 Å². The monoisotopic (exact) mass is 1310 g/mol. The molecular formula is C74H127N7O12.